The van der Waals surface area contributed by atoms with Gasteiger partial charge in [-0.25, -0.2) is 4.79 Å². The topological polar surface area (TPSA) is 55.8 Å². The second-order valence-electron chi connectivity index (χ2n) is 4.59. The highest BCUT2D eigenvalue weighted by molar-refractivity contribution is 5.89. The third-order valence-electron chi connectivity index (χ3n) is 2.94. The summed E-state index contributed by atoms with van der Waals surface area (Å²) in [6, 6.07) is 17.1. The molecule has 0 unspecified atom stereocenters. The molecule has 2 rings (SSSR count). The normalized spacial score (nSPS) is 11.0. The molecule has 0 aliphatic carbocycles. The lowest BCUT2D eigenvalue weighted by molar-refractivity contribution is -0.136. The van der Waals surface area contributed by atoms with Gasteiger partial charge in [-0.15, -0.1) is 0 Å². The third-order valence-corrected chi connectivity index (χ3v) is 2.94. The van der Waals surface area contributed by atoms with Crippen LogP contribution >= 0.6 is 0 Å². The van der Waals surface area contributed by atoms with Crippen molar-refractivity contribution in [3.63, 3.8) is 0 Å². The summed E-state index contributed by atoms with van der Waals surface area (Å²) in [5.41, 5.74) is 1.84. The summed E-state index contributed by atoms with van der Waals surface area (Å²) in [6.07, 6.45) is 1.49. The first-order chi connectivity index (χ1) is 10.7. The minimum Gasteiger partial charge on any atom is -0.489 e. The van der Waals surface area contributed by atoms with E-state index in [9.17, 15) is 4.79 Å². The Morgan fingerprint density at radius 2 is 1.77 bits per heavy atom. The molecule has 0 bridgehead atoms. The maximum Gasteiger partial charge on any atom is 0.371 e. The van der Waals surface area contributed by atoms with E-state index in [4.69, 9.17) is 14.6 Å². The molecule has 0 atom stereocenters. The number of benzene rings is 2. The lowest BCUT2D eigenvalue weighted by atomic mass is 10.2. The van der Waals surface area contributed by atoms with Crippen molar-refractivity contribution in [1.82, 2.24) is 0 Å². The summed E-state index contributed by atoms with van der Waals surface area (Å²) >= 11 is 0. The van der Waals surface area contributed by atoms with Gasteiger partial charge in [0.1, 0.15) is 12.4 Å². The maximum atomic E-state index is 11.0. The van der Waals surface area contributed by atoms with E-state index in [1.807, 2.05) is 30.3 Å². The molecule has 0 fully saturated rings. The van der Waals surface area contributed by atoms with Crippen LogP contribution in [0.15, 0.2) is 60.4 Å². The van der Waals surface area contributed by atoms with Gasteiger partial charge in [0.2, 0.25) is 5.76 Å². The summed E-state index contributed by atoms with van der Waals surface area (Å²) < 4.78 is 10.8. The largest absolute Gasteiger partial charge is 0.489 e. The number of ether oxygens (including phenoxy) is 2. The Hall–Kier alpha value is -2.75. The Balaban J connectivity index is 2.00. The zero-order valence-corrected chi connectivity index (χ0v) is 12.4. The van der Waals surface area contributed by atoms with E-state index in [0.29, 0.717) is 13.2 Å². The van der Waals surface area contributed by atoms with Gasteiger partial charge in [-0.3, -0.25) is 0 Å². The smallest absolute Gasteiger partial charge is 0.371 e. The molecule has 0 saturated carbocycles. The Bertz CT molecular complexity index is 630. The van der Waals surface area contributed by atoms with Gasteiger partial charge in [0, 0.05) is 0 Å². The highest BCUT2D eigenvalue weighted by Gasteiger charge is 2.07. The number of carboxylic acids is 1. The van der Waals surface area contributed by atoms with Gasteiger partial charge in [-0.1, -0.05) is 42.5 Å². The van der Waals surface area contributed by atoms with Crippen molar-refractivity contribution >= 4 is 12.0 Å². The molecule has 2 aromatic rings. The van der Waals surface area contributed by atoms with E-state index in [2.05, 4.69) is 0 Å². The Kier molecular flexibility index (Phi) is 5.60. The molecule has 0 aliphatic rings. The van der Waals surface area contributed by atoms with Crippen LogP contribution in [0.25, 0.3) is 6.08 Å². The van der Waals surface area contributed by atoms with E-state index < -0.39 is 5.97 Å². The molecule has 1 N–H and O–H groups in total. The molecule has 4 nitrogen and oxygen atoms in total. The van der Waals surface area contributed by atoms with Crippen molar-refractivity contribution in [2.24, 2.45) is 0 Å². The zero-order valence-electron chi connectivity index (χ0n) is 12.4. The molecule has 0 spiro atoms. The molecule has 0 aromatic heterocycles. The number of aliphatic carboxylic acids is 1. The lowest BCUT2D eigenvalue weighted by Gasteiger charge is -2.07. The fourth-order valence-corrected chi connectivity index (χ4v) is 1.87. The van der Waals surface area contributed by atoms with Crippen LogP contribution in [0.1, 0.15) is 18.1 Å². The van der Waals surface area contributed by atoms with Crippen LogP contribution in [-0.2, 0) is 16.1 Å². The van der Waals surface area contributed by atoms with Crippen molar-refractivity contribution in [1.29, 1.82) is 0 Å². The van der Waals surface area contributed by atoms with Gasteiger partial charge in [0.15, 0.2) is 0 Å². The molecule has 22 heavy (non-hydrogen) atoms. The molecule has 0 heterocycles. The van der Waals surface area contributed by atoms with Crippen LogP contribution in [0.4, 0.5) is 0 Å². The highest BCUT2D eigenvalue weighted by atomic mass is 16.5. The molecule has 2 aromatic carbocycles. The molecule has 0 radical (unpaired) electrons. The fraction of sp³-hybridized carbons (Fsp3) is 0.167. The second kappa shape index (κ2) is 7.88. The van der Waals surface area contributed by atoms with Crippen molar-refractivity contribution < 1.29 is 19.4 Å². The van der Waals surface area contributed by atoms with Gasteiger partial charge in [0.25, 0.3) is 0 Å². The van der Waals surface area contributed by atoms with E-state index in [1.165, 1.54) is 6.08 Å². The van der Waals surface area contributed by atoms with Gasteiger partial charge in [0.05, 0.1) is 6.61 Å². The second-order valence-corrected chi connectivity index (χ2v) is 4.59. The van der Waals surface area contributed by atoms with Crippen molar-refractivity contribution in [3.05, 3.63) is 71.5 Å². The quantitative estimate of drug-likeness (QED) is 0.625. The number of hydrogen-bond acceptors (Lipinski definition) is 3. The van der Waals surface area contributed by atoms with Crippen LogP contribution in [0, 0.1) is 0 Å². The van der Waals surface area contributed by atoms with E-state index in [0.717, 1.165) is 16.9 Å². The monoisotopic (exact) mass is 298 g/mol. The number of rotatable bonds is 7. The van der Waals surface area contributed by atoms with Crippen molar-refractivity contribution in [2.45, 2.75) is 13.5 Å². The first kappa shape index (κ1) is 15.6. The van der Waals surface area contributed by atoms with E-state index in [1.54, 1.807) is 31.2 Å². The minimum absolute atomic E-state index is 0.0690. The van der Waals surface area contributed by atoms with Crippen LogP contribution in [-0.4, -0.2) is 17.7 Å². The van der Waals surface area contributed by atoms with Crippen LogP contribution in [0.3, 0.4) is 0 Å². The maximum absolute atomic E-state index is 11.0. The first-order valence-electron chi connectivity index (χ1n) is 7.03. The average molecular weight is 298 g/mol. The molecule has 114 valence electrons. The summed E-state index contributed by atoms with van der Waals surface area (Å²) in [5.74, 6) is -0.416. The Morgan fingerprint density at radius 1 is 1.09 bits per heavy atom. The van der Waals surface area contributed by atoms with Crippen LogP contribution in [0.2, 0.25) is 0 Å². The Morgan fingerprint density at radius 3 is 2.36 bits per heavy atom. The molecule has 4 heteroatoms. The van der Waals surface area contributed by atoms with Gasteiger partial charge in [-0.05, 0) is 36.3 Å². The van der Waals surface area contributed by atoms with Gasteiger partial charge < -0.3 is 14.6 Å². The SMILES string of the molecule is CCOC(=Cc1ccc(OCc2ccccc2)cc1)C(=O)O. The number of carbonyl (C=O) groups is 1. The van der Waals surface area contributed by atoms with Crippen LogP contribution < -0.4 is 4.74 Å². The Labute approximate surface area is 129 Å². The zero-order chi connectivity index (χ0) is 15.8. The predicted molar refractivity (Wildman–Crippen MR) is 84.5 cm³/mol. The lowest BCUT2D eigenvalue weighted by Crippen LogP contribution is -2.04. The molecule has 0 amide bonds. The number of carboxylic acid groups (broad SMARTS) is 1. The standard InChI is InChI=1S/C18H18O4/c1-2-21-17(18(19)20)12-14-8-10-16(11-9-14)22-13-15-6-4-3-5-7-15/h3-12H,2,13H2,1H3,(H,19,20). The highest BCUT2D eigenvalue weighted by Crippen LogP contribution is 2.16. The van der Waals surface area contributed by atoms with Crippen molar-refractivity contribution in [2.75, 3.05) is 6.61 Å². The predicted octanol–water partition coefficient (Wildman–Crippen LogP) is 3.73. The van der Waals surface area contributed by atoms with E-state index >= 15 is 0 Å². The average Bonchev–Trinajstić information content (AvgIpc) is 2.54. The fourth-order valence-electron chi connectivity index (χ4n) is 1.87. The summed E-state index contributed by atoms with van der Waals surface area (Å²) in [5, 5.41) is 9.01. The summed E-state index contributed by atoms with van der Waals surface area (Å²) in [7, 11) is 0. The van der Waals surface area contributed by atoms with Gasteiger partial charge >= 0.3 is 5.97 Å². The van der Waals surface area contributed by atoms with E-state index in [-0.39, 0.29) is 5.76 Å². The molecule has 0 saturated heterocycles. The van der Waals surface area contributed by atoms with Crippen LogP contribution in [0.5, 0.6) is 5.75 Å². The number of hydrogen-bond donors (Lipinski definition) is 1. The molecular formula is C18H18O4. The molecular weight excluding hydrogens is 280 g/mol. The summed E-state index contributed by atoms with van der Waals surface area (Å²) in [6.45, 7) is 2.56. The third kappa shape index (κ3) is 4.66. The van der Waals surface area contributed by atoms with Gasteiger partial charge in [-0.2, -0.15) is 0 Å². The minimum atomic E-state index is -1.08. The first-order valence-corrected chi connectivity index (χ1v) is 7.03. The summed E-state index contributed by atoms with van der Waals surface area (Å²) in [4.78, 5) is 11.0. The van der Waals surface area contributed by atoms with Crippen molar-refractivity contribution in [3.8, 4) is 5.75 Å². The molecule has 0 aliphatic heterocycles.